The van der Waals surface area contributed by atoms with E-state index in [1.165, 1.54) is 0 Å². The van der Waals surface area contributed by atoms with Crippen LogP contribution >= 0.6 is 23.4 Å². The summed E-state index contributed by atoms with van der Waals surface area (Å²) in [5.74, 6) is 0.0552. The average molecular weight is 335 g/mol. The highest BCUT2D eigenvalue weighted by Gasteiger charge is 2.11. The highest BCUT2D eigenvalue weighted by molar-refractivity contribution is 7.97. The molecule has 2 aromatic rings. The molecule has 2 rings (SSSR count). The van der Waals surface area contributed by atoms with Crippen LogP contribution in [0.15, 0.2) is 48.5 Å². The number of carbonyl (C=O) groups is 2. The van der Waals surface area contributed by atoms with Crippen molar-refractivity contribution in [3.8, 4) is 0 Å². The maximum Gasteiger partial charge on any atom is 0.271 e. The first kappa shape index (κ1) is 16.4. The molecule has 0 aromatic heterocycles. The Bertz CT molecular complexity index is 674. The highest BCUT2D eigenvalue weighted by atomic mass is 35.5. The number of hydrazine groups is 1. The second-order valence-corrected chi connectivity index (χ2v) is 5.79. The van der Waals surface area contributed by atoms with E-state index in [4.69, 9.17) is 11.6 Å². The molecule has 0 bridgehead atoms. The molecule has 0 saturated carbocycles. The monoisotopic (exact) mass is 334 g/mol. The summed E-state index contributed by atoms with van der Waals surface area (Å²) in [4.78, 5) is 23.9. The molecule has 0 unspecified atom stereocenters. The van der Waals surface area contributed by atoms with Crippen molar-refractivity contribution in [1.82, 2.24) is 10.9 Å². The number of benzene rings is 2. The maximum atomic E-state index is 12.0. The first-order chi connectivity index (χ1) is 10.6. The summed E-state index contributed by atoms with van der Waals surface area (Å²) in [6.07, 6.45) is 2.02. The van der Waals surface area contributed by atoms with Crippen LogP contribution in [0.4, 0.5) is 0 Å². The summed E-state index contributed by atoms with van der Waals surface area (Å²) in [6, 6.07) is 13.9. The van der Waals surface area contributed by atoms with Crippen LogP contribution in [0.2, 0.25) is 5.02 Å². The highest BCUT2D eigenvalue weighted by Crippen LogP contribution is 2.14. The van der Waals surface area contributed by atoms with Gasteiger partial charge in [-0.15, -0.1) is 0 Å². The van der Waals surface area contributed by atoms with E-state index >= 15 is 0 Å². The molecule has 0 saturated heterocycles. The second kappa shape index (κ2) is 7.87. The van der Waals surface area contributed by atoms with Crippen LogP contribution < -0.4 is 10.9 Å². The van der Waals surface area contributed by atoms with Gasteiger partial charge in [-0.1, -0.05) is 35.9 Å². The molecule has 0 heterocycles. The van der Waals surface area contributed by atoms with Gasteiger partial charge in [-0.3, -0.25) is 20.4 Å². The van der Waals surface area contributed by atoms with Gasteiger partial charge in [0.2, 0.25) is 0 Å². The zero-order chi connectivity index (χ0) is 15.9. The van der Waals surface area contributed by atoms with E-state index in [0.717, 1.165) is 11.3 Å². The summed E-state index contributed by atoms with van der Waals surface area (Å²) in [5, 5.41) is 0.329. The lowest BCUT2D eigenvalue weighted by atomic mass is 10.1. The second-order valence-electron chi connectivity index (χ2n) is 4.52. The predicted octanol–water partition coefficient (Wildman–Crippen LogP) is 3.28. The van der Waals surface area contributed by atoms with E-state index in [1.807, 2.05) is 18.4 Å². The molecule has 114 valence electrons. The molecule has 0 fully saturated rings. The molecule has 0 atom stereocenters. The average Bonchev–Trinajstić information content (AvgIpc) is 2.54. The Labute approximate surface area is 138 Å². The SMILES string of the molecule is CSCc1ccc(C(=O)NNC(=O)c2ccccc2Cl)cc1. The summed E-state index contributed by atoms with van der Waals surface area (Å²) in [7, 11) is 0. The van der Waals surface area contributed by atoms with E-state index in [2.05, 4.69) is 10.9 Å². The molecule has 4 nitrogen and oxygen atoms in total. The lowest BCUT2D eigenvalue weighted by Crippen LogP contribution is -2.41. The first-order valence-electron chi connectivity index (χ1n) is 6.55. The van der Waals surface area contributed by atoms with Crippen molar-refractivity contribution in [3.63, 3.8) is 0 Å². The number of carbonyl (C=O) groups excluding carboxylic acids is 2. The Hall–Kier alpha value is -1.98. The number of hydrogen-bond donors (Lipinski definition) is 2. The summed E-state index contributed by atoms with van der Waals surface area (Å²) < 4.78 is 0. The number of halogens is 1. The molecule has 6 heteroatoms. The van der Waals surface area contributed by atoms with Gasteiger partial charge in [0, 0.05) is 11.3 Å². The minimum atomic E-state index is -0.460. The van der Waals surface area contributed by atoms with Gasteiger partial charge in [-0.05, 0) is 36.1 Å². The Morgan fingerprint density at radius 1 is 1.00 bits per heavy atom. The van der Waals surface area contributed by atoms with Crippen molar-refractivity contribution in [2.45, 2.75) is 5.75 Å². The van der Waals surface area contributed by atoms with Crippen molar-refractivity contribution in [2.75, 3.05) is 6.26 Å². The van der Waals surface area contributed by atoms with Gasteiger partial charge >= 0.3 is 0 Å². The van der Waals surface area contributed by atoms with Crippen molar-refractivity contribution in [2.24, 2.45) is 0 Å². The Kier molecular flexibility index (Phi) is 5.86. The Morgan fingerprint density at radius 2 is 1.64 bits per heavy atom. The number of amides is 2. The number of nitrogens with one attached hydrogen (secondary N) is 2. The van der Waals surface area contributed by atoms with Crippen LogP contribution in [0.5, 0.6) is 0 Å². The van der Waals surface area contributed by atoms with E-state index in [1.54, 1.807) is 48.2 Å². The van der Waals surface area contributed by atoms with E-state index in [-0.39, 0.29) is 5.91 Å². The zero-order valence-corrected chi connectivity index (χ0v) is 13.5. The molecule has 0 aliphatic carbocycles. The zero-order valence-electron chi connectivity index (χ0n) is 11.9. The van der Waals surface area contributed by atoms with E-state index < -0.39 is 5.91 Å². The first-order valence-corrected chi connectivity index (χ1v) is 8.32. The molecule has 2 N–H and O–H groups in total. The van der Waals surface area contributed by atoms with Gasteiger partial charge in [-0.2, -0.15) is 11.8 Å². The molecule has 22 heavy (non-hydrogen) atoms. The molecule has 2 amide bonds. The van der Waals surface area contributed by atoms with Crippen LogP contribution in [0.3, 0.4) is 0 Å². The fourth-order valence-corrected chi connectivity index (χ4v) is 2.56. The Morgan fingerprint density at radius 3 is 2.27 bits per heavy atom. The van der Waals surface area contributed by atoms with Crippen LogP contribution in [-0.4, -0.2) is 18.1 Å². The van der Waals surface area contributed by atoms with Crippen molar-refractivity contribution >= 4 is 35.2 Å². The maximum absolute atomic E-state index is 12.0. The topological polar surface area (TPSA) is 58.2 Å². The third-order valence-electron chi connectivity index (χ3n) is 2.94. The molecule has 0 aliphatic heterocycles. The molecule has 0 spiro atoms. The van der Waals surface area contributed by atoms with Crippen molar-refractivity contribution in [3.05, 3.63) is 70.2 Å². The number of hydrogen-bond acceptors (Lipinski definition) is 3. The minimum absolute atomic E-state index is 0.305. The third-order valence-corrected chi connectivity index (χ3v) is 3.89. The molecule has 0 aliphatic rings. The molecule has 2 aromatic carbocycles. The predicted molar refractivity (Wildman–Crippen MR) is 90.0 cm³/mol. The molecular weight excluding hydrogens is 320 g/mol. The van der Waals surface area contributed by atoms with Gasteiger partial charge in [-0.25, -0.2) is 0 Å². The fourth-order valence-electron chi connectivity index (χ4n) is 1.82. The lowest BCUT2D eigenvalue weighted by molar-refractivity contribution is 0.0846. The van der Waals surface area contributed by atoms with Crippen LogP contribution in [0.1, 0.15) is 26.3 Å². The third kappa shape index (κ3) is 4.26. The fraction of sp³-hybridized carbons (Fsp3) is 0.125. The summed E-state index contributed by atoms with van der Waals surface area (Å²) in [5.41, 5.74) is 6.65. The summed E-state index contributed by atoms with van der Waals surface area (Å²) >= 11 is 7.64. The van der Waals surface area contributed by atoms with Crippen LogP contribution in [0, 0.1) is 0 Å². The van der Waals surface area contributed by atoms with E-state index in [9.17, 15) is 9.59 Å². The van der Waals surface area contributed by atoms with Gasteiger partial charge in [0.05, 0.1) is 10.6 Å². The minimum Gasteiger partial charge on any atom is -0.267 e. The Balaban J connectivity index is 1.95. The van der Waals surface area contributed by atoms with Crippen molar-refractivity contribution in [1.29, 1.82) is 0 Å². The molecular formula is C16H15ClN2O2S. The summed E-state index contributed by atoms with van der Waals surface area (Å²) in [6.45, 7) is 0. The normalized spacial score (nSPS) is 10.1. The quantitative estimate of drug-likeness (QED) is 0.844. The number of thioether (sulfide) groups is 1. The van der Waals surface area contributed by atoms with Gasteiger partial charge in [0.15, 0.2) is 0 Å². The van der Waals surface area contributed by atoms with Crippen molar-refractivity contribution < 1.29 is 9.59 Å². The lowest BCUT2D eigenvalue weighted by Gasteiger charge is -2.08. The van der Waals surface area contributed by atoms with E-state index in [0.29, 0.717) is 16.1 Å². The van der Waals surface area contributed by atoms with Crippen LogP contribution in [0.25, 0.3) is 0 Å². The van der Waals surface area contributed by atoms with Crippen LogP contribution in [-0.2, 0) is 5.75 Å². The number of rotatable bonds is 4. The van der Waals surface area contributed by atoms with Gasteiger partial charge < -0.3 is 0 Å². The standard InChI is InChI=1S/C16H15ClN2O2S/c1-22-10-11-6-8-12(9-7-11)15(20)18-19-16(21)13-4-2-3-5-14(13)17/h2-9H,10H2,1H3,(H,18,20)(H,19,21). The van der Waals surface area contributed by atoms with Gasteiger partial charge in [0.25, 0.3) is 11.8 Å². The smallest absolute Gasteiger partial charge is 0.267 e. The van der Waals surface area contributed by atoms with Gasteiger partial charge in [0.1, 0.15) is 0 Å². The largest absolute Gasteiger partial charge is 0.271 e. The molecule has 0 radical (unpaired) electrons.